The summed E-state index contributed by atoms with van der Waals surface area (Å²) in [5.41, 5.74) is -2.06. The van der Waals surface area contributed by atoms with E-state index in [1.54, 1.807) is 35.9 Å². The Morgan fingerprint density at radius 2 is 1.97 bits per heavy atom. The fraction of sp³-hybridized carbons (Fsp3) is 0.440. The Kier molecular flexibility index (Phi) is 6.51. The molecule has 0 bridgehead atoms. The molecule has 2 N–H and O–H groups in total. The van der Waals surface area contributed by atoms with Gasteiger partial charge in [-0.15, -0.1) is 0 Å². The number of carbonyl (C=O) groups excluding carboxylic acids is 1. The number of fused-ring (bicyclic) bond motifs is 1. The molecule has 12 heteroatoms. The molecular weight excluding hydrogens is 492 g/mol. The molecule has 0 saturated carbocycles. The van der Waals surface area contributed by atoms with Crippen molar-refractivity contribution in [2.24, 2.45) is 10.1 Å². The first-order valence-electron chi connectivity index (χ1n) is 11.6. The second-order valence-corrected chi connectivity index (χ2v) is 10.5. The van der Waals surface area contributed by atoms with E-state index in [0.29, 0.717) is 29.7 Å². The Hall–Kier alpha value is -3.54. The molecule has 2 aliphatic heterocycles. The highest BCUT2D eigenvalue weighted by Gasteiger charge is 2.39. The first-order chi connectivity index (χ1) is 17.0. The number of halogens is 4. The number of carbonyl (C=O) groups is 1. The number of aliphatic hydroxyl groups is 1. The highest BCUT2D eigenvalue weighted by molar-refractivity contribution is 6.28. The van der Waals surface area contributed by atoms with Crippen LogP contribution in [0.1, 0.15) is 57.4 Å². The van der Waals surface area contributed by atoms with Crippen LogP contribution in [0.25, 0.3) is 0 Å². The van der Waals surface area contributed by atoms with E-state index in [1.165, 1.54) is 19.1 Å². The third-order valence-electron chi connectivity index (χ3n) is 5.81. The number of alkyl halides is 3. The maximum atomic E-state index is 14.7. The van der Waals surface area contributed by atoms with Gasteiger partial charge in [0.25, 0.3) is 5.91 Å². The SMILES string of the molecule is C[C@@H](NC(=O)C1=CC(c2cnn(CC(C)(C)O)c2)=NN2CC(C)(C)N=C12)c1cccc(C(F)(F)F)c1F. The zero-order valence-electron chi connectivity index (χ0n) is 21.1. The molecule has 198 valence electrons. The van der Waals surface area contributed by atoms with Gasteiger partial charge in [-0.05, 0) is 46.8 Å². The van der Waals surface area contributed by atoms with Crippen LogP contribution in [0.15, 0.2) is 52.3 Å². The van der Waals surface area contributed by atoms with E-state index >= 15 is 0 Å². The largest absolute Gasteiger partial charge is 0.419 e. The third kappa shape index (κ3) is 5.74. The Balaban J connectivity index is 1.65. The molecule has 37 heavy (non-hydrogen) atoms. The van der Waals surface area contributed by atoms with Crippen molar-refractivity contribution in [3.8, 4) is 0 Å². The number of aromatic nitrogens is 2. The standard InChI is InChI=1S/C25H28F4N6O2/c1-14(16-7-6-8-18(20(16)26)25(27,28)29)31-22(36)17-9-19(33-35-12-23(2,3)32-21(17)35)15-10-30-34(11-15)13-24(4,5)37/h6-11,14,37H,12-13H2,1-5H3,(H,31,36)/t14-/m1/s1. The number of amides is 1. The van der Waals surface area contributed by atoms with Gasteiger partial charge in [0, 0.05) is 17.3 Å². The number of rotatable bonds is 6. The van der Waals surface area contributed by atoms with E-state index in [1.807, 2.05) is 13.8 Å². The number of nitrogens with one attached hydrogen (secondary N) is 1. The molecule has 0 fully saturated rings. The molecule has 0 unspecified atom stereocenters. The summed E-state index contributed by atoms with van der Waals surface area (Å²) in [6.45, 7) is 9.10. The maximum absolute atomic E-state index is 14.7. The monoisotopic (exact) mass is 520 g/mol. The van der Waals surface area contributed by atoms with E-state index in [4.69, 9.17) is 0 Å². The van der Waals surface area contributed by atoms with Gasteiger partial charge >= 0.3 is 6.18 Å². The molecule has 1 amide bonds. The molecule has 0 spiro atoms. The zero-order chi connectivity index (χ0) is 27.3. The number of aliphatic imine (C=N–C) groups is 1. The lowest BCUT2D eigenvalue weighted by Gasteiger charge is -2.24. The van der Waals surface area contributed by atoms with Crippen molar-refractivity contribution in [1.29, 1.82) is 0 Å². The topological polar surface area (TPSA) is 95.1 Å². The summed E-state index contributed by atoms with van der Waals surface area (Å²) in [6.07, 6.45) is -0.0957. The Morgan fingerprint density at radius 3 is 2.62 bits per heavy atom. The van der Waals surface area contributed by atoms with Gasteiger partial charge in [0.1, 0.15) is 5.82 Å². The molecule has 8 nitrogen and oxygen atoms in total. The van der Waals surface area contributed by atoms with Crippen LogP contribution < -0.4 is 5.32 Å². The minimum Gasteiger partial charge on any atom is -0.389 e. The molecule has 4 rings (SSSR count). The van der Waals surface area contributed by atoms with Crippen molar-refractivity contribution < 1.29 is 27.5 Å². The summed E-state index contributed by atoms with van der Waals surface area (Å²) in [7, 11) is 0. The highest BCUT2D eigenvalue weighted by atomic mass is 19.4. The van der Waals surface area contributed by atoms with Crippen molar-refractivity contribution >= 4 is 17.5 Å². The molecule has 0 radical (unpaired) electrons. The van der Waals surface area contributed by atoms with E-state index < -0.39 is 40.6 Å². The van der Waals surface area contributed by atoms with Gasteiger partial charge in [0.15, 0.2) is 5.84 Å². The van der Waals surface area contributed by atoms with Gasteiger partial charge in [-0.3, -0.25) is 14.5 Å². The smallest absolute Gasteiger partial charge is 0.389 e. The van der Waals surface area contributed by atoms with E-state index in [-0.39, 0.29) is 17.7 Å². The molecule has 1 aromatic carbocycles. The average Bonchev–Trinajstić information content (AvgIpc) is 3.32. The Labute approximate surface area is 211 Å². The van der Waals surface area contributed by atoms with E-state index in [9.17, 15) is 27.5 Å². The van der Waals surface area contributed by atoms with Gasteiger partial charge in [0.05, 0.1) is 53.3 Å². The number of hydrogen-bond acceptors (Lipinski definition) is 6. The fourth-order valence-electron chi connectivity index (χ4n) is 4.21. The van der Waals surface area contributed by atoms with Crippen molar-refractivity contribution in [1.82, 2.24) is 20.1 Å². The maximum Gasteiger partial charge on any atom is 0.419 e. The molecule has 0 aliphatic carbocycles. The Bertz CT molecular complexity index is 1320. The number of nitrogens with zero attached hydrogens (tertiary/aromatic N) is 5. The summed E-state index contributed by atoms with van der Waals surface area (Å²) < 4.78 is 55.7. The summed E-state index contributed by atoms with van der Waals surface area (Å²) in [4.78, 5) is 18.0. The first-order valence-corrected chi connectivity index (χ1v) is 11.6. The minimum atomic E-state index is -4.86. The van der Waals surface area contributed by atoms with Crippen LogP contribution >= 0.6 is 0 Å². The van der Waals surface area contributed by atoms with E-state index in [2.05, 4.69) is 20.5 Å². The lowest BCUT2D eigenvalue weighted by Crippen LogP contribution is -2.38. The zero-order valence-corrected chi connectivity index (χ0v) is 21.1. The number of benzene rings is 1. The normalized spacial score (nSPS) is 18.1. The van der Waals surface area contributed by atoms with Gasteiger partial charge in [0.2, 0.25) is 0 Å². The quantitative estimate of drug-likeness (QED) is 0.566. The molecular formula is C25H28F4N6O2. The van der Waals surface area contributed by atoms with Crippen LogP contribution in [0.4, 0.5) is 17.6 Å². The summed E-state index contributed by atoms with van der Waals surface area (Å²) in [5, 5.41) is 23.1. The van der Waals surface area contributed by atoms with Crippen molar-refractivity contribution in [2.45, 2.75) is 64.5 Å². The number of amidine groups is 1. The molecule has 1 aromatic heterocycles. The predicted octanol–water partition coefficient (Wildman–Crippen LogP) is 3.83. The minimum absolute atomic E-state index is 0.144. The van der Waals surface area contributed by atoms with Crippen LogP contribution in [-0.4, -0.2) is 55.0 Å². The van der Waals surface area contributed by atoms with E-state index in [0.717, 1.165) is 6.07 Å². The molecule has 2 aromatic rings. The lowest BCUT2D eigenvalue weighted by atomic mass is 10.0. The van der Waals surface area contributed by atoms with Crippen molar-refractivity contribution in [3.05, 3.63) is 64.7 Å². The lowest BCUT2D eigenvalue weighted by molar-refractivity contribution is -0.140. The molecule has 0 saturated heterocycles. The Morgan fingerprint density at radius 1 is 1.27 bits per heavy atom. The van der Waals surface area contributed by atoms with Crippen molar-refractivity contribution in [2.75, 3.05) is 6.54 Å². The van der Waals surface area contributed by atoms with Crippen LogP contribution in [0.2, 0.25) is 0 Å². The van der Waals surface area contributed by atoms with Gasteiger partial charge in [-0.25, -0.2) is 9.40 Å². The second-order valence-electron chi connectivity index (χ2n) is 10.5. The summed E-state index contributed by atoms with van der Waals surface area (Å²) in [5.74, 6) is -1.75. The number of hydrazone groups is 1. The third-order valence-corrected chi connectivity index (χ3v) is 5.81. The van der Waals surface area contributed by atoms with Gasteiger partial charge in [-0.2, -0.15) is 23.4 Å². The number of allylic oxidation sites excluding steroid dienone is 1. The fourth-order valence-corrected chi connectivity index (χ4v) is 4.21. The van der Waals surface area contributed by atoms with Gasteiger partial charge in [-0.1, -0.05) is 12.1 Å². The van der Waals surface area contributed by atoms with Crippen molar-refractivity contribution in [3.63, 3.8) is 0 Å². The van der Waals surface area contributed by atoms with Crippen LogP contribution in [0.3, 0.4) is 0 Å². The second kappa shape index (κ2) is 9.09. The summed E-state index contributed by atoms with van der Waals surface area (Å²) >= 11 is 0. The van der Waals surface area contributed by atoms with Gasteiger partial charge < -0.3 is 10.4 Å². The molecule has 2 aliphatic rings. The molecule has 1 atom stereocenters. The van der Waals surface area contributed by atoms with Crippen LogP contribution in [-0.2, 0) is 17.5 Å². The summed E-state index contributed by atoms with van der Waals surface area (Å²) in [6, 6.07) is 1.91. The average molecular weight is 521 g/mol. The van der Waals surface area contributed by atoms with Crippen LogP contribution in [0, 0.1) is 5.82 Å². The predicted molar refractivity (Wildman–Crippen MR) is 129 cm³/mol. The highest BCUT2D eigenvalue weighted by Crippen LogP contribution is 2.34. The molecule has 3 heterocycles. The van der Waals surface area contributed by atoms with Crippen LogP contribution in [0.5, 0.6) is 0 Å². The first kappa shape index (κ1) is 26.5. The number of hydrogen-bond donors (Lipinski definition) is 2.